The Morgan fingerprint density at radius 3 is 2.65 bits per heavy atom. The summed E-state index contributed by atoms with van der Waals surface area (Å²) in [5.74, 6) is -1.01. The molecule has 1 fully saturated rings. The Balaban J connectivity index is 1.57. The van der Waals surface area contributed by atoms with Crippen LogP contribution < -0.4 is 10.2 Å². The lowest BCUT2D eigenvalue weighted by molar-refractivity contribution is -0.120. The Morgan fingerprint density at radius 1 is 1.35 bits per heavy atom. The minimum atomic E-state index is -2.68. The summed E-state index contributed by atoms with van der Waals surface area (Å²) in [6.07, 6.45) is -1.69. The second-order valence-electron chi connectivity index (χ2n) is 6.04. The molecule has 1 aliphatic heterocycles. The minimum absolute atomic E-state index is 0.0610. The molecule has 1 saturated heterocycles. The standard InChI is InChI=1S/C17H16F3N5O/c18-12-7-10(9-21)1-2-14(12)25-5-3-11(4-6-25)17(26)22-15-8-13(16(19)20)23-24-15/h1-2,7-8,11,16H,3-6H2,(H2,22,23,24,26). The number of nitrogens with one attached hydrogen (secondary N) is 2. The smallest absolute Gasteiger partial charge is 0.279 e. The number of benzene rings is 1. The fraction of sp³-hybridized carbons (Fsp3) is 0.353. The van der Waals surface area contributed by atoms with Gasteiger partial charge in [0.1, 0.15) is 11.5 Å². The lowest BCUT2D eigenvalue weighted by Crippen LogP contribution is -2.38. The number of amides is 1. The Bertz CT molecular complexity index is 837. The van der Waals surface area contributed by atoms with Crippen molar-refractivity contribution in [1.29, 1.82) is 5.26 Å². The predicted octanol–water partition coefficient (Wildman–Crippen LogP) is 3.21. The van der Waals surface area contributed by atoms with Crippen molar-refractivity contribution in [1.82, 2.24) is 10.2 Å². The molecule has 1 amide bonds. The third kappa shape index (κ3) is 3.79. The number of piperidine rings is 1. The lowest BCUT2D eigenvalue weighted by Gasteiger charge is -2.33. The predicted molar refractivity (Wildman–Crippen MR) is 88.2 cm³/mol. The van der Waals surface area contributed by atoms with Crippen molar-refractivity contribution in [3.8, 4) is 6.07 Å². The number of H-pyrrole nitrogens is 1. The van der Waals surface area contributed by atoms with E-state index in [1.54, 1.807) is 12.1 Å². The number of halogens is 3. The molecule has 6 nitrogen and oxygen atoms in total. The molecule has 9 heteroatoms. The zero-order valence-electron chi connectivity index (χ0n) is 13.7. The summed E-state index contributed by atoms with van der Waals surface area (Å²) in [6, 6.07) is 7.28. The number of carbonyl (C=O) groups excluding carboxylic acids is 1. The van der Waals surface area contributed by atoms with E-state index in [2.05, 4.69) is 15.5 Å². The average Bonchev–Trinajstić information content (AvgIpc) is 3.10. The molecule has 0 bridgehead atoms. The van der Waals surface area contributed by atoms with E-state index in [0.29, 0.717) is 31.6 Å². The first-order chi connectivity index (χ1) is 12.5. The van der Waals surface area contributed by atoms with Crippen molar-refractivity contribution < 1.29 is 18.0 Å². The molecule has 0 atom stereocenters. The average molecular weight is 363 g/mol. The Morgan fingerprint density at radius 2 is 2.08 bits per heavy atom. The van der Waals surface area contributed by atoms with Crippen LogP contribution in [0.2, 0.25) is 0 Å². The van der Waals surface area contributed by atoms with Gasteiger partial charge in [0, 0.05) is 25.1 Å². The molecule has 2 N–H and O–H groups in total. The topological polar surface area (TPSA) is 84.8 Å². The van der Waals surface area contributed by atoms with Gasteiger partial charge in [-0.2, -0.15) is 10.4 Å². The van der Waals surface area contributed by atoms with E-state index in [-0.39, 0.29) is 28.9 Å². The molecule has 0 aliphatic carbocycles. The summed E-state index contributed by atoms with van der Waals surface area (Å²) < 4.78 is 39.1. The summed E-state index contributed by atoms with van der Waals surface area (Å²) in [7, 11) is 0. The van der Waals surface area contributed by atoms with Crippen LogP contribution in [0.25, 0.3) is 0 Å². The Hall–Kier alpha value is -3.02. The van der Waals surface area contributed by atoms with E-state index in [9.17, 15) is 18.0 Å². The van der Waals surface area contributed by atoms with E-state index < -0.39 is 12.2 Å². The monoisotopic (exact) mass is 363 g/mol. The highest BCUT2D eigenvalue weighted by molar-refractivity contribution is 5.91. The molecule has 1 aliphatic rings. The third-order valence-electron chi connectivity index (χ3n) is 4.37. The summed E-state index contributed by atoms with van der Waals surface area (Å²) >= 11 is 0. The number of hydrogen-bond acceptors (Lipinski definition) is 4. The van der Waals surface area contributed by atoms with E-state index in [0.717, 1.165) is 6.07 Å². The first-order valence-corrected chi connectivity index (χ1v) is 8.07. The van der Waals surface area contributed by atoms with Crippen molar-refractivity contribution in [2.75, 3.05) is 23.3 Å². The van der Waals surface area contributed by atoms with Crippen molar-refractivity contribution in [2.24, 2.45) is 5.92 Å². The maximum absolute atomic E-state index is 14.1. The number of carbonyl (C=O) groups is 1. The number of hydrogen-bond donors (Lipinski definition) is 2. The molecule has 0 unspecified atom stereocenters. The number of anilines is 2. The van der Waals surface area contributed by atoms with Crippen LogP contribution >= 0.6 is 0 Å². The van der Waals surface area contributed by atoms with Gasteiger partial charge in [-0.15, -0.1) is 0 Å². The Labute approximate surface area is 147 Å². The maximum Gasteiger partial charge on any atom is 0.279 e. The molecule has 1 aromatic carbocycles. The molecule has 0 radical (unpaired) electrons. The summed E-state index contributed by atoms with van der Waals surface area (Å²) in [6.45, 7) is 0.952. The molecule has 26 heavy (non-hydrogen) atoms. The van der Waals surface area contributed by atoms with Crippen molar-refractivity contribution in [2.45, 2.75) is 19.3 Å². The van der Waals surface area contributed by atoms with E-state index in [1.165, 1.54) is 6.07 Å². The van der Waals surface area contributed by atoms with Crippen molar-refractivity contribution in [3.63, 3.8) is 0 Å². The summed E-state index contributed by atoms with van der Waals surface area (Å²) in [4.78, 5) is 14.1. The van der Waals surface area contributed by atoms with E-state index in [4.69, 9.17) is 5.26 Å². The number of nitriles is 1. The molecule has 136 valence electrons. The number of aromatic nitrogens is 2. The van der Waals surface area contributed by atoms with Crippen LogP contribution in [-0.2, 0) is 4.79 Å². The summed E-state index contributed by atoms with van der Waals surface area (Å²) in [5.41, 5.74) is 0.297. The molecule has 2 heterocycles. The molecular formula is C17H16F3N5O. The highest BCUT2D eigenvalue weighted by Crippen LogP contribution is 2.27. The van der Waals surface area contributed by atoms with Gasteiger partial charge in [-0.05, 0) is 31.0 Å². The maximum atomic E-state index is 14.1. The molecule has 2 aromatic rings. The number of nitrogens with zero attached hydrogens (tertiary/aromatic N) is 3. The fourth-order valence-electron chi connectivity index (χ4n) is 2.96. The second kappa shape index (κ2) is 7.47. The van der Waals surface area contributed by atoms with Gasteiger partial charge in [-0.25, -0.2) is 13.2 Å². The van der Waals surface area contributed by atoms with Crippen LogP contribution in [-0.4, -0.2) is 29.2 Å². The first kappa shape index (κ1) is 17.8. The zero-order chi connectivity index (χ0) is 18.7. The number of aromatic amines is 1. The van der Waals surface area contributed by atoms with Crippen LogP contribution in [0.3, 0.4) is 0 Å². The zero-order valence-corrected chi connectivity index (χ0v) is 13.7. The normalized spacial score (nSPS) is 15.1. The van der Waals surface area contributed by atoms with E-state index in [1.807, 2.05) is 11.0 Å². The van der Waals surface area contributed by atoms with Crippen molar-refractivity contribution >= 4 is 17.4 Å². The van der Waals surface area contributed by atoms with Gasteiger partial charge in [0.15, 0.2) is 5.82 Å². The molecule has 1 aromatic heterocycles. The van der Waals surface area contributed by atoms with Crippen LogP contribution in [0.15, 0.2) is 24.3 Å². The highest BCUT2D eigenvalue weighted by Gasteiger charge is 2.27. The molecule has 0 spiro atoms. The SMILES string of the molecule is N#Cc1ccc(N2CCC(C(=O)Nc3cc(C(F)F)[nH]n3)CC2)c(F)c1. The van der Waals surface area contributed by atoms with Gasteiger partial charge in [0.25, 0.3) is 6.43 Å². The Kier molecular flexibility index (Phi) is 5.11. The first-order valence-electron chi connectivity index (χ1n) is 8.07. The van der Waals surface area contributed by atoms with E-state index >= 15 is 0 Å². The van der Waals surface area contributed by atoms with Crippen LogP contribution in [0.1, 0.15) is 30.5 Å². The van der Waals surface area contributed by atoms with Gasteiger partial charge >= 0.3 is 0 Å². The third-order valence-corrected chi connectivity index (χ3v) is 4.37. The molecular weight excluding hydrogens is 347 g/mol. The van der Waals surface area contributed by atoms with Crippen molar-refractivity contribution in [3.05, 3.63) is 41.3 Å². The lowest BCUT2D eigenvalue weighted by atomic mass is 9.95. The van der Waals surface area contributed by atoms with Crippen LogP contribution in [0.5, 0.6) is 0 Å². The number of alkyl halides is 2. The van der Waals surface area contributed by atoms with Gasteiger partial charge in [0.05, 0.1) is 17.3 Å². The minimum Gasteiger partial charge on any atom is -0.369 e. The van der Waals surface area contributed by atoms with Crippen LogP contribution in [0, 0.1) is 23.1 Å². The highest BCUT2D eigenvalue weighted by atomic mass is 19.3. The molecule has 0 saturated carbocycles. The van der Waals surface area contributed by atoms with Gasteiger partial charge < -0.3 is 10.2 Å². The van der Waals surface area contributed by atoms with Gasteiger partial charge in [-0.3, -0.25) is 9.89 Å². The van der Waals surface area contributed by atoms with Gasteiger partial charge in [-0.1, -0.05) is 0 Å². The number of rotatable bonds is 4. The quantitative estimate of drug-likeness (QED) is 0.874. The fourth-order valence-corrected chi connectivity index (χ4v) is 2.96. The summed E-state index contributed by atoms with van der Waals surface area (Å²) in [5, 5.41) is 17.1. The molecule has 3 rings (SSSR count). The van der Waals surface area contributed by atoms with Gasteiger partial charge in [0.2, 0.25) is 5.91 Å². The van der Waals surface area contributed by atoms with Crippen LogP contribution in [0.4, 0.5) is 24.7 Å². The largest absolute Gasteiger partial charge is 0.369 e. The second-order valence-corrected chi connectivity index (χ2v) is 6.04.